The number of carbonyl (C=O) groups is 1. The molecule has 25 heavy (non-hydrogen) atoms. The van der Waals surface area contributed by atoms with Crippen LogP contribution in [0.4, 0.5) is 4.39 Å². The number of halogens is 1. The summed E-state index contributed by atoms with van der Waals surface area (Å²) in [6, 6.07) is 8.27. The number of H-pyrrole nitrogens is 1. The summed E-state index contributed by atoms with van der Waals surface area (Å²) in [6.45, 7) is 4.33. The van der Waals surface area contributed by atoms with Gasteiger partial charge in [-0.1, -0.05) is 12.1 Å². The van der Waals surface area contributed by atoms with Crippen molar-refractivity contribution in [2.75, 3.05) is 19.6 Å². The van der Waals surface area contributed by atoms with Gasteiger partial charge in [0.05, 0.1) is 6.04 Å². The second-order valence-corrected chi connectivity index (χ2v) is 6.69. The summed E-state index contributed by atoms with van der Waals surface area (Å²) in [7, 11) is 0. The van der Waals surface area contributed by atoms with Crippen molar-refractivity contribution in [3.05, 3.63) is 53.6 Å². The molecule has 134 valence electrons. The van der Waals surface area contributed by atoms with Gasteiger partial charge >= 0.3 is 0 Å². The third-order valence-corrected chi connectivity index (χ3v) is 4.97. The first-order chi connectivity index (χ1) is 12.1. The minimum atomic E-state index is -0.238. The van der Waals surface area contributed by atoms with Crippen LogP contribution < -0.4 is 5.32 Å². The van der Waals surface area contributed by atoms with Crippen LogP contribution in [0.25, 0.3) is 0 Å². The van der Waals surface area contributed by atoms with E-state index >= 15 is 0 Å². The van der Waals surface area contributed by atoms with E-state index in [-0.39, 0.29) is 17.8 Å². The number of aromatic nitrogens is 2. The predicted molar refractivity (Wildman–Crippen MR) is 94.7 cm³/mol. The Balaban J connectivity index is 1.47. The Morgan fingerprint density at radius 3 is 2.92 bits per heavy atom. The molecule has 1 aliphatic rings. The molecule has 1 amide bonds. The number of piperidine rings is 1. The zero-order valence-corrected chi connectivity index (χ0v) is 14.5. The second-order valence-electron chi connectivity index (χ2n) is 6.69. The molecule has 0 bridgehead atoms. The van der Waals surface area contributed by atoms with Gasteiger partial charge in [-0.2, -0.15) is 5.10 Å². The van der Waals surface area contributed by atoms with Crippen molar-refractivity contribution in [1.82, 2.24) is 20.4 Å². The molecule has 0 unspecified atom stereocenters. The van der Waals surface area contributed by atoms with Crippen LogP contribution in [-0.4, -0.2) is 46.7 Å². The summed E-state index contributed by atoms with van der Waals surface area (Å²) in [6.07, 6.45) is 4.68. The van der Waals surface area contributed by atoms with Crippen LogP contribution in [-0.2, 0) is 11.2 Å². The van der Waals surface area contributed by atoms with Crippen LogP contribution in [0, 0.1) is 5.82 Å². The number of aromatic amines is 1. The molecule has 2 heterocycles. The number of likely N-dealkylation sites (tertiary alicyclic amines) is 1. The van der Waals surface area contributed by atoms with Gasteiger partial charge in [-0.05, 0) is 56.5 Å². The highest BCUT2D eigenvalue weighted by atomic mass is 19.1. The molecule has 0 spiro atoms. The van der Waals surface area contributed by atoms with E-state index in [0.717, 1.165) is 37.2 Å². The molecule has 2 aromatic rings. The minimum Gasteiger partial charge on any atom is -0.354 e. The molecule has 2 N–H and O–H groups in total. The van der Waals surface area contributed by atoms with Crippen LogP contribution in [0.15, 0.2) is 36.5 Å². The van der Waals surface area contributed by atoms with E-state index in [1.54, 1.807) is 18.3 Å². The normalized spacial score (nSPS) is 19.5. The highest BCUT2D eigenvalue weighted by Crippen LogP contribution is 2.26. The highest BCUT2D eigenvalue weighted by molar-refractivity contribution is 5.81. The molecule has 1 aromatic heterocycles. The zero-order valence-electron chi connectivity index (χ0n) is 14.5. The number of nitrogens with zero attached hydrogens (tertiary/aromatic N) is 2. The Morgan fingerprint density at radius 2 is 2.20 bits per heavy atom. The standard InChI is InChI=1S/C19H25FN4O/c1-14(19(25)21-10-8-15-4-6-17(20)7-5-15)24-12-2-3-16(13-24)18-9-11-22-23-18/h4-7,9,11,14,16H,2-3,8,10,12-13H2,1H3,(H,21,25)(H,22,23)/t14-,16-/m1/s1. The summed E-state index contributed by atoms with van der Waals surface area (Å²) < 4.78 is 12.9. The first kappa shape index (κ1) is 17.6. The average molecular weight is 344 g/mol. The summed E-state index contributed by atoms with van der Waals surface area (Å²) in [5, 5.41) is 10.1. The first-order valence-corrected chi connectivity index (χ1v) is 8.89. The van der Waals surface area contributed by atoms with Gasteiger partial charge in [0.2, 0.25) is 5.91 Å². The third-order valence-electron chi connectivity index (χ3n) is 4.97. The van der Waals surface area contributed by atoms with Crippen LogP contribution in [0.3, 0.4) is 0 Å². The molecule has 1 fully saturated rings. The van der Waals surface area contributed by atoms with Gasteiger partial charge in [-0.15, -0.1) is 0 Å². The Hall–Kier alpha value is -2.21. The van der Waals surface area contributed by atoms with Gasteiger partial charge in [-0.3, -0.25) is 14.8 Å². The van der Waals surface area contributed by atoms with Gasteiger partial charge in [0, 0.05) is 30.9 Å². The summed E-state index contributed by atoms with van der Waals surface area (Å²) in [4.78, 5) is 14.7. The number of benzene rings is 1. The Labute approximate surface area is 147 Å². The molecule has 6 heteroatoms. The molecule has 1 aliphatic heterocycles. The van der Waals surface area contributed by atoms with E-state index < -0.39 is 0 Å². The molecule has 0 saturated carbocycles. The second kappa shape index (κ2) is 8.25. The number of nitrogens with one attached hydrogen (secondary N) is 2. The fourth-order valence-electron chi connectivity index (χ4n) is 3.40. The van der Waals surface area contributed by atoms with E-state index in [0.29, 0.717) is 18.9 Å². The summed E-state index contributed by atoms with van der Waals surface area (Å²) >= 11 is 0. The van der Waals surface area contributed by atoms with Crippen LogP contribution in [0.1, 0.15) is 36.9 Å². The SMILES string of the molecule is C[C@H](C(=O)NCCc1ccc(F)cc1)N1CCC[C@@H](c2ccn[nH]2)C1. The van der Waals surface area contributed by atoms with Gasteiger partial charge in [0.1, 0.15) is 5.82 Å². The fraction of sp³-hybridized carbons (Fsp3) is 0.474. The maximum atomic E-state index is 12.9. The number of hydrogen-bond donors (Lipinski definition) is 2. The predicted octanol–water partition coefficient (Wildman–Crippen LogP) is 2.48. The number of rotatable bonds is 6. The van der Waals surface area contributed by atoms with Crippen molar-refractivity contribution in [2.45, 2.75) is 38.1 Å². The molecule has 2 atom stereocenters. The number of hydrogen-bond acceptors (Lipinski definition) is 3. The average Bonchev–Trinajstić information content (AvgIpc) is 3.17. The smallest absolute Gasteiger partial charge is 0.237 e. The van der Waals surface area contributed by atoms with E-state index in [1.165, 1.54) is 12.1 Å². The molecular formula is C19H25FN4O. The molecular weight excluding hydrogens is 319 g/mol. The van der Waals surface area contributed by atoms with Crippen molar-refractivity contribution < 1.29 is 9.18 Å². The van der Waals surface area contributed by atoms with Gasteiger partial charge in [0.25, 0.3) is 0 Å². The number of amides is 1. The first-order valence-electron chi connectivity index (χ1n) is 8.89. The molecule has 1 aromatic carbocycles. The maximum Gasteiger partial charge on any atom is 0.237 e. The lowest BCUT2D eigenvalue weighted by atomic mass is 9.94. The Kier molecular flexibility index (Phi) is 5.81. The zero-order chi connectivity index (χ0) is 17.6. The van der Waals surface area contributed by atoms with Crippen molar-refractivity contribution in [3.63, 3.8) is 0 Å². The quantitative estimate of drug-likeness (QED) is 0.846. The molecule has 3 rings (SSSR count). The lowest BCUT2D eigenvalue weighted by molar-refractivity contribution is -0.126. The molecule has 5 nitrogen and oxygen atoms in total. The van der Waals surface area contributed by atoms with E-state index in [9.17, 15) is 9.18 Å². The summed E-state index contributed by atoms with van der Waals surface area (Å²) in [5.74, 6) is 0.219. The van der Waals surface area contributed by atoms with Crippen LogP contribution in [0.2, 0.25) is 0 Å². The monoisotopic (exact) mass is 344 g/mol. The minimum absolute atomic E-state index is 0.0485. The lowest BCUT2D eigenvalue weighted by Crippen LogP contribution is -2.49. The Bertz CT molecular complexity index is 671. The van der Waals surface area contributed by atoms with E-state index in [4.69, 9.17) is 0 Å². The summed E-state index contributed by atoms with van der Waals surface area (Å²) in [5.41, 5.74) is 2.17. The van der Waals surface area contributed by atoms with Crippen LogP contribution >= 0.6 is 0 Å². The highest BCUT2D eigenvalue weighted by Gasteiger charge is 2.28. The molecule has 1 saturated heterocycles. The van der Waals surface area contributed by atoms with E-state index in [1.807, 2.05) is 13.0 Å². The van der Waals surface area contributed by atoms with Gasteiger partial charge in [0.15, 0.2) is 0 Å². The fourth-order valence-corrected chi connectivity index (χ4v) is 3.40. The third kappa shape index (κ3) is 4.66. The van der Waals surface area contributed by atoms with Gasteiger partial charge < -0.3 is 5.32 Å². The molecule has 0 aliphatic carbocycles. The van der Waals surface area contributed by atoms with Crippen molar-refractivity contribution in [2.24, 2.45) is 0 Å². The van der Waals surface area contributed by atoms with Crippen molar-refractivity contribution in [3.8, 4) is 0 Å². The number of carbonyl (C=O) groups excluding carboxylic acids is 1. The lowest BCUT2D eigenvalue weighted by Gasteiger charge is -2.35. The largest absolute Gasteiger partial charge is 0.354 e. The maximum absolute atomic E-state index is 12.9. The van der Waals surface area contributed by atoms with Crippen molar-refractivity contribution >= 4 is 5.91 Å². The van der Waals surface area contributed by atoms with Crippen molar-refractivity contribution in [1.29, 1.82) is 0 Å². The van der Waals surface area contributed by atoms with Crippen LogP contribution in [0.5, 0.6) is 0 Å². The molecule has 0 radical (unpaired) electrons. The Morgan fingerprint density at radius 1 is 1.40 bits per heavy atom. The van der Waals surface area contributed by atoms with Gasteiger partial charge in [-0.25, -0.2) is 4.39 Å². The van der Waals surface area contributed by atoms with E-state index in [2.05, 4.69) is 20.4 Å². The topological polar surface area (TPSA) is 61.0 Å².